The molecule has 2 heterocycles. The third kappa shape index (κ3) is 5.04. The average molecular weight is 359 g/mol. The lowest BCUT2D eigenvalue weighted by molar-refractivity contribution is 0.109. The van der Waals surface area contributed by atoms with Crippen LogP contribution in [0.3, 0.4) is 0 Å². The zero-order chi connectivity index (χ0) is 18.0. The Morgan fingerprint density at radius 2 is 1.54 bits per heavy atom. The minimum Gasteiger partial charge on any atom is -0.316 e. The summed E-state index contributed by atoms with van der Waals surface area (Å²) in [5.74, 6) is 0. The molecule has 6 heteroatoms. The fourth-order valence-corrected chi connectivity index (χ4v) is 6.23. The number of nitrogens with zero attached hydrogens (tertiary/aromatic N) is 2. The van der Waals surface area contributed by atoms with E-state index < -0.39 is 7.52 Å². The van der Waals surface area contributed by atoms with Gasteiger partial charge in [0.1, 0.15) is 0 Å². The molecule has 24 heavy (non-hydrogen) atoms. The van der Waals surface area contributed by atoms with Gasteiger partial charge in [0.05, 0.1) is 11.8 Å². The van der Waals surface area contributed by atoms with Gasteiger partial charge in [-0.2, -0.15) is 0 Å². The van der Waals surface area contributed by atoms with E-state index in [1.807, 2.05) is 0 Å². The molecule has 0 spiro atoms. The van der Waals surface area contributed by atoms with Crippen LogP contribution in [-0.4, -0.2) is 66.6 Å². The second kappa shape index (κ2) is 7.75. The van der Waals surface area contributed by atoms with Gasteiger partial charge >= 0.3 is 0 Å². The molecule has 2 aliphatic rings. The van der Waals surface area contributed by atoms with Crippen LogP contribution in [0.5, 0.6) is 0 Å². The molecule has 0 aromatic heterocycles. The van der Waals surface area contributed by atoms with E-state index in [1.165, 1.54) is 0 Å². The summed E-state index contributed by atoms with van der Waals surface area (Å²) in [5, 5.41) is 3.07. The molecule has 0 aromatic rings. The summed E-state index contributed by atoms with van der Waals surface area (Å²) in [6.45, 7) is 19.3. The van der Waals surface area contributed by atoms with Crippen molar-refractivity contribution < 1.29 is 9.09 Å². The minimum atomic E-state index is -2.84. The third-order valence-corrected chi connectivity index (χ3v) is 8.32. The Hall–Kier alpha value is 0.0700. The number of hydrogen-bond acceptors (Lipinski definition) is 4. The van der Waals surface area contributed by atoms with Gasteiger partial charge in [0.15, 0.2) is 0 Å². The second-order valence-electron chi connectivity index (χ2n) is 9.50. The quantitative estimate of drug-likeness (QED) is 0.780. The van der Waals surface area contributed by atoms with Gasteiger partial charge in [-0.15, -0.1) is 0 Å². The predicted molar refractivity (Wildman–Crippen MR) is 102 cm³/mol. The summed E-state index contributed by atoms with van der Waals surface area (Å²) in [4.78, 5) is 2.60. The molecule has 142 valence electrons. The van der Waals surface area contributed by atoms with Gasteiger partial charge in [-0.1, -0.05) is 20.8 Å². The molecule has 2 fully saturated rings. The molecule has 2 rings (SSSR count). The molecule has 2 aliphatic heterocycles. The molecule has 0 bridgehead atoms. The van der Waals surface area contributed by atoms with Gasteiger partial charge in [-0.3, -0.25) is 9.46 Å². The van der Waals surface area contributed by atoms with Gasteiger partial charge in [-0.05, 0) is 39.0 Å². The predicted octanol–water partition coefficient (Wildman–Crippen LogP) is 3.41. The Kier molecular flexibility index (Phi) is 6.58. The number of rotatable bonds is 4. The molecule has 0 saturated carbocycles. The van der Waals surface area contributed by atoms with Crippen molar-refractivity contribution in [1.29, 1.82) is 0 Å². The normalized spacial score (nSPS) is 25.6. The molecule has 5 nitrogen and oxygen atoms in total. The first kappa shape index (κ1) is 20.4. The topological polar surface area (TPSA) is 44.8 Å². The van der Waals surface area contributed by atoms with E-state index in [1.54, 1.807) is 0 Å². The van der Waals surface area contributed by atoms with Crippen LogP contribution in [0.4, 0.5) is 0 Å². The van der Waals surface area contributed by atoms with E-state index in [0.717, 1.165) is 52.1 Å². The van der Waals surface area contributed by atoms with Crippen LogP contribution in [0.2, 0.25) is 0 Å². The second-order valence-corrected chi connectivity index (χ2v) is 12.7. The smallest absolute Gasteiger partial charge is 0.277 e. The molecule has 0 amide bonds. The SMILES string of the molecule is CC(C)(C)COP(=O)(N1CCC(N2CCNCC2)CC1)C(C)(C)C. The van der Waals surface area contributed by atoms with Crippen molar-refractivity contribution in [3.63, 3.8) is 0 Å². The summed E-state index contributed by atoms with van der Waals surface area (Å²) in [7, 11) is -2.84. The summed E-state index contributed by atoms with van der Waals surface area (Å²) < 4.78 is 22.1. The van der Waals surface area contributed by atoms with Gasteiger partial charge in [-0.25, -0.2) is 4.67 Å². The van der Waals surface area contributed by atoms with Crippen molar-refractivity contribution in [2.45, 2.75) is 65.6 Å². The van der Waals surface area contributed by atoms with E-state index >= 15 is 0 Å². The van der Waals surface area contributed by atoms with Crippen LogP contribution in [0.1, 0.15) is 54.4 Å². The van der Waals surface area contributed by atoms with E-state index in [-0.39, 0.29) is 10.6 Å². The van der Waals surface area contributed by atoms with E-state index in [0.29, 0.717) is 12.6 Å². The average Bonchev–Trinajstić information content (AvgIpc) is 2.52. The summed E-state index contributed by atoms with van der Waals surface area (Å²) >= 11 is 0. The molecule has 1 unspecified atom stereocenters. The Morgan fingerprint density at radius 3 is 2.00 bits per heavy atom. The van der Waals surface area contributed by atoms with Crippen LogP contribution in [-0.2, 0) is 9.09 Å². The van der Waals surface area contributed by atoms with Crippen molar-refractivity contribution in [1.82, 2.24) is 14.9 Å². The lowest BCUT2D eigenvalue weighted by Gasteiger charge is -2.45. The van der Waals surface area contributed by atoms with Gasteiger partial charge in [0.25, 0.3) is 7.52 Å². The molecule has 0 radical (unpaired) electrons. The van der Waals surface area contributed by atoms with Crippen LogP contribution >= 0.6 is 7.52 Å². The zero-order valence-corrected chi connectivity index (χ0v) is 17.5. The molecule has 0 aromatic carbocycles. The van der Waals surface area contributed by atoms with Crippen LogP contribution in [0.15, 0.2) is 0 Å². The number of nitrogens with one attached hydrogen (secondary N) is 1. The lowest BCUT2D eigenvalue weighted by Crippen LogP contribution is -2.52. The van der Waals surface area contributed by atoms with Gasteiger partial charge < -0.3 is 9.84 Å². The number of piperidine rings is 1. The highest BCUT2D eigenvalue weighted by Gasteiger charge is 2.45. The maximum absolute atomic E-state index is 13.8. The highest BCUT2D eigenvalue weighted by Crippen LogP contribution is 2.62. The highest BCUT2D eigenvalue weighted by molar-refractivity contribution is 7.58. The minimum absolute atomic E-state index is 0.0278. The number of piperazine rings is 1. The molecule has 2 saturated heterocycles. The largest absolute Gasteiger partial charge is 0.316 e. The Labute approximate surface area is 149 Å². The molecule has 1 atom stereocenters. The molecule has 1 N–H and O–H groups in total. The summed E-state index contributed by atoms with van der Waals surface area (Å²) in [6, 6.07) is 0.638. The molecule has 0 aliphatic carbocycles. The maximum atomic E-state index is 13.8. The lowest BCUT2D eigenvalue weighted by atomic mass is 9.99. The van der Waals surface area contributed by atoms with Crippen LogP contribution in [0.25, 0.3) is 0 Å². The third-order valence-electron chi connectivity index (χ3n) is 5.00. The van der Waals surface area contributed by atoms with E-state index in [4.69, 9.17) is 4.52 Å². The van der Waals surface area contributed by atoms with Crippen molar-refractivity contribution in [2.75, 3.05) is 45.9 Å². The fraction of sp³-hybridized carbons (Fsp3) is 1.00. The number of hydrogen-bond donors (Lipinski definition) is 1. The zero-order valence-electron chi connectivity index (χ0n) is 16.6. The highest BCUT2D eigenvalue weighted by atomic mass is 31.2. The maximum Gasteiger partial charge on any atom is 0.277 e. The van der Waals surface area contributed by atoms with E-state index in [9.17, 15) is 4.57 Å². The monoisotopic (exact) mass is 359 g/mol. The standard InChI is InChI=1S/C18H38N3O2P/c1-17(2,3)15-23-24(22,18(4,5)6)21-11-7-16(8-12-21)20-13-9-19-10-14-20/h16,19H,7-15H2,1-6H3. The molecular weight excluding hydrogens is 321 g/mol. The fourth-order valence-electron chi connectivity index (χ4n) is 3.51. The van der Waals surface area contributed by atoms with Gasteiger partial charge in [0.2, 0.25) is 0 Å². The van der Waals surface area contributed by atoms with Crippen molar-refractivity contribution in [3.8, 4) is 0 Å². The van der Waals surface area contributed by atoms with Crippen molar-refractivity contribution in [2.24, 2.45) is 5.41 Å². The Bertz CT molecular complexity index is 442. The Balaban J connectivity index is 2.00. The first-order valence-electron chi connectivity index (χ1n) is 9.48. The van der Waals surface area contributed by atoms with E-state index in [2.05, 4.69) is 56.4 Å². The van der Waals surface area contributed by atoms with Gasteiger partial charge in [0, 0.05) is 45.3 Å². The Morgan fingerprint density at radius 1 is 1.00 bits per heavy atom. The first-order chi connectivity index (χ1) is 11.0. The summed E-state index contributed by atoms with van der Waals surface area (Å²) in [5.41, 5.74) is 0.0278. The van der Waals surface area contributed by atoms with Crippen molar-refractivity contribution in [3.05, 3.63) is 0 Å². The van der Waals surface area contributed by atoms with Crippen LogP contribution in [0, 0.1) is 5.41 Å². The van der Waals surface area contributed by atoms with Crippen molar-refractivity contribution >= 4 is 7.52 Å². The molecular formula is C18H38N3O2P. The van der Waals surface area contributed by atoms with Crippen LogP contribution < -0.4 is 5.32 Å². The first-order valence-corrected chi connectivity index (χ1v) is 11.1. The summed E-state index contributed by atoms with van der Waals surface area (Å²) in [6.07, 6.45) is 2.19.